The number of aromatic nitrogens is 1. The molecule has 1 aliphatic rings. The van der Waals surface area contributed by atoms with Crippen LogP contribution in [0.5, 0.6) is 0 Å². The Kier molecular flexibility index (Phi) is 4.81. The number of pyridine rings is 1. The highest BCUT2D eigenvalue weighted by Gasteiger charge is 2.20. The van der Waals surface area contributed by atoms with E-state index in [4.69, 9.17) is 0 Å². The van der Waals surface area contributed by atoms with Crippen LogP contribution in [0, 0.1) is 17.5 Å². The molecule has 122 valence electrons. The minimum Gasteiger partial charge on any atom is -0.357 e. The molecule has 3 nitrogen and oxygen atoms in total. The summed E-state index contributed by atoms with van der Waals surface area (Å²) in [5, 5.41) is 3.28. The summed E-state index contributed by atoms with van der Waals surface area (Å²) in [6.07, 6.45) is 3.61. The van der Waals surface area contributed by atoms with E-state index in [1.165, 1.54) is 0 Å². The maximum Gasteiger partial charge on any atom is 0.194 e. The topological polar surface area (TPSA) is 28.2 Å². The van der Waals surface area contributed by atoms with Crippen LogP contribution in [0.3, 0.4) is 0 Å². The van der Waals surface area contributed by atoms with Crippen LogP contribution < -0.4 is 10.2 Å². The Balaban J connectivity index is 1.51. The first-order valence-electron chi connectivity index (χ1n) is 7.66. The summed E-state index contributed by atoms with van der Waals surface area (Å²) in [6.45, 7) is 2.07. The molecule has 1 fully saturated rings. The van der Waals surface area contributed by atoms with E-state index in [0.29, 0.717) is 12.1 Å². The van der Waals surface area contributed by atoms with Gasteiger partial charge in [0.2, 0.25) is 0 Å². The van der Waals surface area contributed by atoms with Crippen molar-refractivity contribution in [2.45, 2.75) is 25.4 Å². The van der Waals surface area contributed by atoms with Crippen molar-refractivity contribution in [3.8, 4) is 0 Å². The van der Waals surface area contributed by atoms with Crippen molar-refractivity contribution in [3.05, 3.63) is 59.5 Å². The van der Waals surface area contributed by atoms with E-state index in [0.717, 1.165) is 43.9 Å². The van der Waals surface area contributed by atoms with Crippen LogP contribution in [-0.2, 0) is 6.54 Å². The average molecular weight is 321 g/mol. The summed E-state index contributed by atoms with van der Waals surface area (Å²) in [4.78, 5) is 6.55. The van der Waals surface area contributed by atoms with Crippen LogP contribution >= 0.6 is 0 Å². The third kappa shape index (κ3) is 3.82. The molecule has 0 unspecified atom stereocenters. The Morgan fingerprint density at radius 3 is 2.39 bits per heavy atom. The van der Waals surface area contributed by atoms with Crippen molar-refractivity contribution >= 4 is 5.82 Å². The van der Waals surface area contributed by atoms with Crippen molar-refractivity contribution in [3.63, 3.8) is 0 Å². The zero-order valence-electron chi connectivity index (χ0n) is 12.6. The van der Waals surface area contributed by atoms with Gasteiger partial charge in [0.05, 0.1) is 0 Å². The van der Waals surface area contributed by atoms with Crippen LogP contribution in [-0.4, -0.2) is 24.1 Å². The molecule has 0 bridgehead atoms. The van der Waals surface area contributed by atoms with Crippen molar-refractivity contribution in [2.75, 3.05) is 18.0 Å². The predicted molar refractivity (Wildman–Crippen MR) is 82.6 cm³/mol. The van der Waals surface area contributed by atoms with Crippen LogP contribution in [0.1, 0.15) is 18.4 Å². The van der Waals surface area contributed by atoms with Gasteiger partial charge < -0.3 is 10.2 Å². The van der Waals surface area contributed by atoms with Gasteiger partial charge in [0.15, 0.2) is 17.5 Å². The molecular weight excluding hydrogens is 303 g/mol. The van der Waals surface area contributed by atoms with E-state index < -0.39 is 17.5 Å². The van der Waals surface area contributed by atoms with Gasteiger partial charge in [-0.2, -0.15) is 0 Å². The molecule has 3 rings (SSSR count). The predicted octanol–water partition coefficient (Wildman–Crippen LogP) is 3.26. The molecule has 1 N–H and O–H groups in total. The first-order valence-corrected chi connectivity index (χ1v) is 7.66. The first kappa shape index (κ1) is 15.8. The summed E-state index contributed by atoms with van der Waals surface area (Å²) < 4.78 is 39.3. The zero-order valence-corrected chi connectivity index (χ0v) is 12.6. The molecule has 1 aliphatic heterocycles. The fourth-order valence-corrected chi connectivity index (χ4v) is 2.83. The maximum atomic E-state index is 13.2. The lowest BCUT2D eigenvalue weighted by molar-refractivity contribution is 0.408. The van der Waals surface area contributed by atoms with Gasteiger partial charge in [0.25, 0.3) is 0 Å². The molecule has 0 spiro atoms. The van der Waals surface area contributed by atoms with Gasteiger partial charge in [-0.3, -0.25) is 0 Å². The van der Waals surface area contributed by atoms with Gasteiger partial charge in [-0.05, 0) is 42.7 Å². The Labute approximate surface area is 133 Å². The highest BCUT2D eigenvalue weighted by Crippen LogP contribution is 2.18. The number of anilines is 1. The lowest BCUT2D eigenvalue weighted by atomic mass is 10.0. The Morgan fingerprint density at radius 1 is 1.09 bits per heavy atom. The van der Waals surface area contributed by atoms with Crippen LogP contribution in [0.25, 0.3) is 0 Å². The molecular formula is C17H18F3N3. The molecule has 1 aromatic carbocycles. The molecule has 0 aliphatic carbocycles. The molecule has 0 saturated carbocycles. The number of halogens is 3. The van der Waals surface area contributed by atoms with E-state index in [-0.39, 0.29) is 6.04 Å². The minimum absolute atomic E-state index is 0.270. The van der Waals surface area contributed by atoms with Gasteiger partial charge in [-0.1, -0.05) is 6.07 Å². The smallest absolute Gasteiger partial charge is 0.194 e. The first-order chi connectivity index (χ1) is 11.1. The lowest BCUT2D eigenvalue weighted by Crippen LogP contribution is -2.42. The number of nitrogens with one attached hydrogen (secondary N) is 1. The fourth-order valence-electron chi connectivity index (χ4n) is 2.83. The number of benzene rings is 1. The van der Waals surface area contributed by atoms with Gasteiger partial charge in [-0.15, -0.1) is 0 Å². The zero-order chi connectivity index (χ0) is 16.2. The molecule has 0 radical (unpaired) electrons. The van der Waals surface area contributed by atoms with Crippen LogP contribution in [0.15, 0.2) is 36.5 Å². The van der Waals surface area contributed by atoms with Gasteiger partial charge in [0, 0.05) is 31.9 Å². The number of nitrogens with zero attached hydrogens (tertiary/aromatic N) is 2. The van der Waals surface area contributed by atoms with E-state index in [1.54, 1.807) is 6.20 Å². The van der Waals surface area contributed by atoms with Gasteiger partial charge >= 0.3 is 0 Å². The summed E-state index contributed by atoms with van der Waals surface area (Å²) in [6, 6.07) is 8.18. The third-order valence-electron chi connectivity index (χ3n) is 4.11. The van der Waals surface area contributed by atoms with Crippen LogP contribution in [0.4, 0.5) is 19.0 Å². The van der Waals surface area contributed by atoms with E-state index in [9.17, 15) is 13.2 Å². The number of hydrogen-bond acceptors (Lipinski definition) is 3. The molecule has 1 aromatic heterocycles. The van der Waals surface area contributed by atoms with E-state index in [2.05, 4.69) is 15.2 Å². The second-order valence-corrected chi connectivity index (χ2v) is 5.70. The molecule has 6 heteroatoms. The summed E-state index contributed by atoms with van der Waals surface area (Å²) >= 11 is 0. The molecule has 0 amide bonds. The normalized spacial score (nSPS) is 15.9. The Bertz CT molecular complexity index is 632. The molecule has 2 heterocycles. The Morgan fingerprint density at radius 2 is 1.78 bits per heavy atom. The van der Waals surface area contributed by atoms with E-state index >= 15 is 0 Å². The monoisotopic (exact) mass is 321 g/mol. The largest absolute Gasteiger partial charge is 0.357 e. The van der Waals surface area contributed by atoms with Crippen molar-refractivity contribution in [2.24, 2.45) is 0 Å². The minimum atomic E-state index is -1.42. The average Bonchev–Trinajstić information content (AvgIpc) is 2.59. The second-order valence-electron chi connectivity index (χ2n) is 5.70. The fraction of sp³-hybridized carbons (Fsp3) is 0.353. The van der Waals surface area contributed by atoms with Gasteiger partial charge in [-0.25, -0.2) is 18.2 Å². The molecule has 1 saturated heterocycles. The summed E-state index contributed by atoms with van der Waals surface area (Å²) in [5.74, 6) is -2.75. The van der Waals surface area contributed by atoms with E-state index in [1.807, 2.05) is 18.2 Å². The molecule has 2 aromatic rings. The quantitative estimate of drug-likeness (QED) is 0.876. The van der Waals surface area contributed by atoms with Crippen LogP contribution in [0.2, 0.25) is 0 Å². The number of piperidine rings is 1. The maximum absolute atomic E-state index is 13.2. The van der Waals surface area contributed by atoms with Crippen molar-refractivity contribution in [1.29, 1.82) is 0 Å². The lowest BCUT2D eigenvalue weighted by Gasteiger charge is -2.33. The van der Waals surface area contributed by atoms with Crippen molar-refractivity contribution < 1.29 is 13.2 Å². The summed E-state index contributed by atoms with van der Waals surface area (Å²) in [7, 11) is 0. The summed E-state index contributed by atoms with van der Waals surface area (Å²) in [5.41, 5.74) is 0.411. The SMILES string of the molecule is Fc1cc(CNC2CCN(c3ccccn3)CC2)cc(F)c1F. The highest BCUT2D eigenvalue weighted by molar-refractivity contribution is 5.38. The third-order valence-corrected chi connectivity index (χ3v) is 4.11. The standard InChI is InChI=1S/C17H18F3N3/c18-14-9-12(10-15(19)17(14)20)11-22-13-4-7-23(8-5-13)16-3-1-2-6-21-16/h1-3,6,9-10,13,22H,4-5,7-8,11H2. The van der Waals surface area contributed by atoms with Gasteiger partial charge in [0.1, 0.15) is 5.82 Å². The molecule has 23 heavy (non-hydrogen) atoms. The number of rotatable bonds is 4. The number of hydrogen-bond donors (Lipinski definition) is 1. The highest BCUT2D eigenvalue weighted by atomic mass is 19.2. The Hall–Kier alpha value is -2.08. The van der Waals surface area contributed by atoms with Crippen molar-refractivity contribution in [1.82, 2.24) is 10.3 Å². The second kappa shape index (κ2) is 7.00. The molecule has 0 atom stereocenters.